The number of sulfone groups is 1. The summed E-state index contributed by atoms with van der Waals surface area (Å²) in [5, 5.41) is 7.37. The molecule has 0 aromatic rings. The van der Waals surface area contributed by atoms with Crippen LogP contribution in [0.15, 0.2) is 11.5 Å². The highest BCUT2D eigenvalue weighted by molar-refractivity contribution is 7.94. The first kappa shape index (κ1) is 14.5. The molecule has 1 unspecified atom stereocenters. The van der Waals surface area contributed by atoms with Crippen LogP contribution in [0.4, 0.5) is 0 Å². The summed E-state index contributed by atoms with van der Waals surface area (Å²) in [6.07, 6.45) is 5.07. The van der Waals surface area contributed by atoms with Crippen LogP contribution in [-0.2, 0) is 14.6 Å². The summed E-state index contributed by atoms with van der Waals surface area (Å²) in [5.74, 6) is 0.0155. The molecule has 2 aliphatic heterocycles. The third-order valence-corrected chi connectivity index (χ3v) is 5.41. The SMILES string of the molecule is CCCC1(C(=O)NC2C=CS(=O)(=O)C2)CCNCC1. The largest absolute Gasteiger partial charge is 0.348 e. The van der Waals surface area contributed by atoms with Gasteiger partial charge < -0.3 is 10.6 Å². The summed E-state index contributed by atoms with van der Waals surface area (Å²) < 4.78 is 22.7. The second kappa shape index (κ2) is 5.63. The van der Waals surface area contributed by atoms with Crippen LogP contribution in [0, 0.1) is 5.41 Å². The molecule has 2 aliphatic rings. The zero-order chi connectivity index (χ0) is 13.9. The van der Waals surface area contributed by atoms with Crippen LogP contribution in [0.25, 0.3) is 0 Å². The van der Waals surface area contributed by atoms with E-state index in [1.807, 2.05) is 0 Å². The Morgan fingerprint density at radius 1 is 1.42 bits per heavy atom. The molecule has 0 saturated carbocycles. The Morgan fingerprint density at radius 3 is 2.63 bits per heavy atom. The van der Waals surface area contributed by atoms with Crippen LogP contribution in [-0.4, -0.2) is 39.2 Å². The van der Waals surface area contributed by atoms with Gasteiger partial charge in [-0.2, -0.15) is 0 Å². The van der Waals surface area contributed by atoms with E-state index in [1.165, 1.54) is 5.41 Å². The van der Waals surface area contributed by atoms with Crippen LogP contribution in [0.5, 0.6) is 0 Å². The van der Waals surface area contributed by atoms with Gasteiger partial charge in [-0.25, -0.2) is 8.42 Å². The summed E-state index contributed by atoms with van der Waals surface area (Å²) in [6, 6.07) is -0.360. The van der Waals surface area contributed by atoms with Crippen molar-refractivity contribution in [2.75, 3.05) is 18.8 Å². The number of rotatable bonds is 4. The first-order chi connectivity index (χ1) is 8.97. The molecule has 2 N–H and O–H groups in total. The average Bonchev–Trinajstić information content (AvgIpc) is 2.70. The molecule has 1 atom stereocenters. The minimum Gasteiger partial charge on any atom is -0.348 e. The van der Waals surface area contributed by atoms with Gasteiger partial charge in [0.05, 0.1) is 17.2 Å². The van der Waals surface area contributed by atoms with E-state index >= 15 is 0 Å². The van der Waals surface area contributed by atoms with Crippen LogP contribution >= 0.6 is 0 Å². The number of hydrogen-bond acceptors (Lipinski definition) is 4. The summed E-state index contributed by atoms with van der Waals surface area (Å²) in [7, 11) is -3.11. The molecule has 19 heavy (non-hydrogen) atoms. The number of amides is 1. The zero-order valence-corrected chi connectivity index (χ0v) is 12.1. The fourth-order valence-corrected chi connectivity index (χ4v) is 4.20. The maximum Gasteiger partial charge on any atom is 0.226 e. The summed E-state index contributed by atoms with van der Waals surface area (Å²) >= 11 is 0. The minimum atomic E-state index is -3.11. The number of piperidine rings is 1. The highest BCUT2D eigenvalue weighted by Crippen LogP contribution is 2.34. The van der Waals surface area contributed by atoms with Gasteiger partial charge in [-0.3, -0.25) is 4.79 Å². The van der Waals surface area contributed by atoms with E-state index in [9.17, 15) is 13.2 Å². The fourth-order valence-electron chi connectivity index (χ4n) is 2.96. The van der Waals surface area contributed by atoms with E-state index in [4.69, 9.17) is 0 Å². The molecule has 2 heterocycles. The van der Waals surface area contributed by atoms with Gasteiger partial charge in [0.15, 0.2) is 9.84 Å². The lowest BCUT2D eigenvalue weighted by atomic mass is 9.74. The van der Waals surface area contributed by atoms with Crippen molar-refractivity contribution in [3.05, 3.63) is 11.5 Å². The molecule has 2 rings (SSSR count). The Morgan fingerprint density at radius 2 is 2.11 bits per heavy atom. The van der Waals surface area contributed by atoms with Gasteiger partial charge in [0.1, 0.15) is 0 Å². The fraction of sp³-hybridized carbons (Fsp3) is 0.769. The summed E-state index contributed by atoms with van der Waals surface area (Å²) in [4.78, 5) is 12.5. The van der Waals surface area contributed by atoms with Gasteiger partial charge in [-0.05, 0) is 38.4 Å². The molecule has 0 bridgehead atoms. The van der Waals surface area contributed by atoms with Crippen molar-refractivity contribution in [2.45, 2.75) is 38.6 Å². The van der Waals surface area contributed by atoms with Gasteiger partial charge >= 0.3 is 0 Å². The molecular weight excluding hydrogens is 264 g/mol. The van der Waals surface area contributed by atoms with Crippen molar-refractivity contribution in [1.82, 2.24) is 10.6 Å². The van der Waals surface area contributed by atoms with Crippen LogP contribution < -0.4 is 10.6 Å². The summed E-state index contributed by atoms with van der Waals surface area (Å²) in [6.45, 7) is 3.79. The predicted molar refractivity (Wildman–Crippen MR) is 74.3 cm³/mol. The number of carbonyl (C=O) groups is 1. The van der Waals surface area contributed by atoms with E-state index in [1.54, 1.807) is 6.08 Å². The van der Waals surface area contributed by atoms with E-state index in [2.05, 4.69) is 17.6 Å². The van der Waals surface area contributed by atoms with E-state index in [-0.39, 0.29) is 23.1 Å². The molecule has 0 spiro atoms. The standard InChI is InChI=1S/C13H22N2O3S/c1-2-4-13(5-7-14-8-6-13)12(16)15-11-3-9-19(17,18)10-11/h3,9,11,14H,2,4-8,10H2,1H3,(H,15,16). The van der Waals surface area contributed by atoms with Gasteiger partial charge in [0.25, 0.3) is 0 Å². The third-order valence-electron chi connectivity index (χ3n) is 4.02. The van der Waals surface area contributed by atoms with Crippen molar-refractivity contribution in [1.29, 1.82) is 0 Å². The lowest BCUT2D eigenvalue weighted by Gasteiger charge is -2.36. The Kier molecular flexibility index (Phi) is 4.30. The molecule has 0 aromatic carbocycles. The molecule has 6 heteroatoms. The maximum absolute atomic E-state index is 12.5. The number of hydrogen-bond donors (Lipinski definition) is 2. The Hall–Kier alpha value is -0.880. The Balaban J connectivity index is 2.02. The van der Waals surface area contributed by atoms with Crippen LogP contribution in [0.3, 0.4) is 0 Å². The van der Waals surface area contributed by atoms with Crippen molar-refractivity contribution in [3.8, 4) is 0 Å². The smallest absolute Gasteiger partial charge is 0.226 e. The second-order valence-corrected chi connectivity index (χ2v) is 7.45. The van der Waals surface area contributed by atoms with Gasteiger partial charge in [-0.1, -0.05) is 13.3 Å². The quantitative estimate of drug-likeness (QED) is 0.793. The first-order valence-corrected chi connectivity index (χ1v) is 8.62. The predicted octanol–water partition coefficient (Wildman–Crippen LogP) is 0.583. The first-order valence-electron chi connectivity index (χ1n) is 6.90. The molecule has 1 saturated heterocycles. The molecule has 0 aromatic heterocycles. The highest BCUT2D eigenvalue weighted by Gasteiger charge is 2.39. The van der Waals surface area contributed by atoms with Crippen molar-refractivity contribution in [2.24, 2.45) is 5.41 Å². The van der Waals surface area contributed by atoms with Gasteiger partial charge in [0.2, 0.25) is 5.91 Å². The molecule has 1 fully saturated rings. The lowest BCUT2D eigenvalue weighted by Crippen LogP contribution is -2.50. The van der Waals surface area contributed by atoms with E-state index in [0.29, 0.717) is 0 Å². The molecule has 1 amide bonds. The Bertz CT molecular complexity index is 459. The highest BCUT2D eigenvalue weighted by atomic mass is 32.2. The number of carbonyl (C=O) groups excluding carboxylic acids is 1. The Labute approximate surface area is 114 Å². The molecule has 5 nitrogen and oxygen atoms in total. The van der Waals surface area contributed by atoms with Crippen LogP contribution in [0.2, 0.25) is 0 Å². The maximum atomic E-state index is 12.5. The van der Waals surface area contributed by atoms with E-state index < -0.39 is 9.84 Å². The van der Waals surface area contributed by atoms with Crippen molar-refractivity contribution in [3.63, 3.8) is 0 Å². The molecule has 108 valence electrons. The van der Waals surface area contributed by atoms with E-state index in [0.717, 1.165) is 38.8 Å². The number of nitrogens with one attached hydrogen (secondary N) is 2. The van der Waals surface area contributed by atoms with Gasteiger partial charge in [-0.15, -0.1) is 0 Å². The van der Waals surface area contributed by atoms with Crippen LogP contribution in [0.1, 0.15) is 32.6 Å². The molecule has 0 aliphatic carbocycles. The van der Waals surface area contributed by atoms with Gasteiger partial charge in [0, 0.05) is 5.41 Å². The molecular formula is C13H22N2O3S. The molecule has 0 radical (unpaired) electrons. The topological polar surface area (TPSA) is 75.3 Å². The van der Waals surface area contributed by atoms with Crippen molar-refractivity contribution >= 4 is 15.7 Å². The lowest BCUT2D eigenvalue weighted by molar-refractivity contribution is -0.133. The van der Waals surface area contributed by atoms with Crippen molar-refractivity contribution < 1.29 is 13.2 Å². The minimum absolute atomic E-state index is 0.000799. The second-order valence-electron chi connectivity index (χ2n) is 5.52. The zero-order valence-electron chi connectivity index (χ0n) is 11.3. The third kappa shape index (κ3) is 3.36. The average molecular weight is 286 g/mol. The monoisotopic (exact) mass is 286 g/mol. The summed E-state index contributed by atoms with van der Waals surface area (Å²) in [5.41, 5.74) is -0.319. The normalized spacial score (nSPS) is 28.2.